The molecule has 16 heavy (non-hydrogen) atoms. The second-order valence-corrected chi connectivity index (χ2v) is 4.43. The summed E-state index contributed by atoms with van der Waals surface area (Å²) in [7, 11) is 0. The third-order valence-corrected chi connectivity index (χ3v) is 3.16. The van der Waals surface area contributed by atoms with Gasteiger partial charge in [-0.05, 0) is 30.7 Å². The molecule has 0 aliphatic carbocycles. The van der Waals surface area contributed by atoms with Gasteiger partial charge in [0, 0.05) is 13.1 Å². The highest BCUT2D eigenvalue weighted by Crippen LogP contribution is 2.20. The van der Waals surface area contributed by atoms with E-state index in [0.717, 1.165) is 19.3 Å². The summed E-state index contributed by atoms with van der Waals surface area (Å²) in [4.78, 5) is 12.4. The van der Waals surface area contributed by atoms with Crippen molar-refractivity contribution in [3.8, 4) is 0 Å². The average molecular weight is 219 g/mol. The van der Waals surface area contributed by atoms with Crippen LogP contribution in [0.3, 0.4) is 0 Å². The Morgan fingerprint density at radius 1 is 1.38 bits per heavy atom. The lowest BCUT2D eigenvalue weighted by Crippen LogP contribution is -2.39. The van der Waals surface area contributed by atoms with Crippen molar-refractivity contribution in [3.05, 3.63) is 35.9 Å². The van der Waals surface area contributed by atoms with Gasteiger partial charge in [0.15, 0.2) is 0 Å². The van der Waals surface area contributed by atoms with E-state index in [9.17, 15) is 4.79 Å². The van der Waals surface area contributed by atoms with E-state index < -0.39 is 6.09 Å². The highest BCUT2D eigenvalue weighted by atomic mass is 16.4. The standard InChI is InChI=1S/C13H17NO2/c15-13(16)14-8-4-7-12(10-14)9-11-5-2-1-3-6-11/h1-3,5-6,12H,4,7-10H2,(H,15,16)/t12-/m1/s1. The van der Waals surface area contributed by atoms with Crippen LogP contribution in [0.5, 0.6) is 0 Å². The lowest BCUT2D eigenvalue weighted by Gasteiger charge is -2.30. The lowest BCUT2D eigenvalue weighted by atomic mass is 9.91. The molecule has 1 aromatic carbocycles. The SMILES string of the molecule is O=C(O)N1CCC[C@H](Cc2ccccc2)C1. The highest BCUT2D eigenvalue weighted by molar-refractivity contribution is 5.65. The number of piperidine rings is 1. The van der Waals surface area contributed by atoms with Crippen molar-refractivity contribution < 1.29 is 9.90 Å². The van der Waals surface area contributed by atoms with Gasteiger partial charge >= 0.3 is 6.09 Å². The van der Waals surface area contributed by atoms with Crippen molar-refractivity contribution in [3.63, 3.8) is 0 Å². The molecule has 2 rings (SSSR count). The molecule has 1 aromatic rings. The monoisotopic (exact) mass is 219 g/mol. The fraction of sp³-hybridized carbons (Fsp3) is 0.462. The minimum Gasteiger partial charge on any atom is -0.465 e. The normalized spacial score (nSPS) is 20.8. The van der Waals surface area contributed by atoms with E-state index in [4.69, 9.17) is 5.11 Å². The largest absolute Gasteiger partial charge is 0.465 e. The zero-order chi connectivity index (χ0) is 11.4. The van der Waals surface area contributed by atoms with Gasteiger partial charge in [0.05, 0.1) is 0 Å². The van der Waals surface area contributed by atoms with E-state index in [1.165, 1.54) is 10.5 Å². The van der Waals surface area contributed by atoms with Crippen molar-refractivity contribution in [1.82, 2.24) is 4.90 Å². The number of nitrogens with zero attached hydrogens (tertiary/aromatic N) is 1. The van der Waals surface area contributed by atoms with E-state index in [-0.39, 0.29) is 0 Å². The van der Waals surface area contributed by atoms with Crippen LogP contribution in [-0.4, -0.2) is 29.2 Å². The van der Waals surface area contributed by atoms with Crippen molar-refractivity contribution in [2.24, 2.45) is 5.92 Å². The molecule has 0 radical (unpaired) electrons. The molecule has 0 spiro atoms. The first-order valence-corrected chi connectivity index (χ1v) is 5.77. The first-order chi connectivity index (χ1) is 7.75. The van der Waals surface area contributed by atoms with Crippen molar-refractivity contribution >= 4 is 6.09 Å². The molecule has 3 heteroatoms. The summed E-state index contributed by atoms with van der Waals surface area (Å²) in [6.45, 7) is 1.38. The molecule has 1 heterocycles. The van der Waals surface area contributed by atoms with Gasteiger partial charge < -0.3 is 10.0 Å². The summed E-state index contributed by atoms with van der Waals surface area (Å²) in [6, 6.07) is 10.3. The predicted octanol–water partition coefficient (Wildman–Crippen LogP) is 2.62. The lowest BCUT2D eigenvalue weighted by molar-refractivity contribution is 0.120. The molecule has 1 N–H and O–H groups in total. The van der Waals surface area contributed by atoms with E-state index in [0.29, 0.717) is 19.0 Å². The van der Waals surface area contributed by atoms with Gasteiger partial charge in [-0.2, -0.15) is 0 Å². The third-order valence-electron chi connectivity index (χ3n) is 3.16. The summed E-state index contributed by atoms with van der Waals surface area (Å²) in [5.41, 5.74) is 1.31. The van der Waals surface area contributed by atoms with E-state index in [2.05, 4.69) is 12.1 Å². The number of carbonyl (C=O) groups is 1. The van der Waals surface area contributed by atoms with Gasteiger partial charge in [0.2, 0.25) is 0 Å². The molecule has 1 atom stereocenters. The molecule has 0 saturated carbocycles. The molecule has 0 aromatic heterocycles. The number of rotatable bonds is 2. The molecule has 86 valence electrons. The summed E-state index contributed by atoms with van der Waals surface area (Å²) in [5.74, 6) is 0.479. The molecular formula is C13H17NO2. The van der Waals surface area contributed by atoms with Crippen molar-refractivity contribution in [2.45, 2.75) is 19.3 Å². The molecule has 1 aliphatic rings. The number of benzene rings is 1. The first kappa shape index (κ1) is 11.0. The Hall–Kier alpha value is -1.51. The first-order valence-electron chi connectivity index (χ1n) is 5.77. The van der Waals surface area contributed by atoms with E-state index in [1.807, 2.05) is 18.2 Å². The smallest absolute Gasteiger partial charge is 0.407 e. The molecule has 1 aliphatic heterocycles. The van der Waals surface area contributed by atoms with Crippen LogP contribution in [0.4, 0.5) is 4.79 Å². The fourth-order valence-corrected chi connectivity index (χ4v) is 2.35. The second-order valence-electron chi connectivity index (χ2n) is 4.43. The van der Waals surface area contributed by atoms with Crippen molar-refractivity contribution in [2.75, 3.05) is 13.1 Å². The molecule has 0 bridgehead atoms. The number of hydrogen-bond donors (Lipinski definition) is 1. The van der Waals surface area contributed by atoms with Crippen LogP contribution in [0, 0.1) is 5.92 Å². The van der Waals surface area contributed by atoms with E-state index >= 15 is 0 Å². The van der Waals surface area contributed by atoms with Crippen LogP contribution in [-0.2, 0) is 6.42 Å². The fourth-order valence-electron chi connectivity index (χ4n) is 2.35. The maximum atomic E-state index is 10.9. The van der Waals surface area contributed by atoms with Gasteiger partial charge in [-0.25, -0.2) is 4.79 Å². The van der Waals surface area contributed by atoms with Gasteiger partial charge in [-0.15, -0.1) is 0 Å². The Bertz CT molecular complexity index is 350. The summed E-state index contributed by atoms with van der Waals surface area (Å²) in [5, 5.41) is 8.95. The Kier molecular flexibility index (Phi) is 3.44. The third kappa shape index (κ3) is 2.75. The minimum absolute atomic E-state index is 0.479. The summed E-state index contributed by atoms with van der Waals surface area (Å²) < 4.78 is 0. The summed E-state index contributed by atoms with van der Waals surface area (Å²) >= 11 is 0. The zero-order valence-corrected chi connectivity index (χ0v) is 9.30. The van der Waals surface area contributed by atoms with Crippen molar-refractivity contribution in [1.29, 1.82) is 0 Å². The number of hydrogen-bond acceptors (Lipinski definition) is 1. The Morgan fingerprint density at radius 3 is 2.81 bits per heavy atom. The molecule has 1 fully saturated rings. The molecule has 0 unspecified atom stereocenters. The number of likely N-dealkylation sites (tertiary alicyclic amines) is 1. The average Bonchev–Trinajstić information content (AvgIpc) is 2.30. The molecular weight excluding hydrogens is 202 g/mol. The van der Waals surface area contributed by atoms with Crippen LogP contribution in [0.15, 0.2) is 30.3 Å². The van der Waals surface area contributed by atoms with Gasteiger partial charge in [0.25, 0.3) is 0 Å². The second kappa shape index (κ2) is 5.01. The molecule has 1 saturated heterocycles. The van der Waals surface area contributed by atoms with Gasteiger partial charge in [-0.3, -0.25) is 0 Å². The minimum atomic E-state index is -0.780. The Balaban J connectivity index is 1.93. The van der Waals surface area contributed by atoms with Crippen LogP contribution in [0.2, 0.25) is 0 Å². The van der Waals surface area contributed by atoms with Gasteiger partial charge in [-0.1, -0.05) is 30.3 Å². The quantitative estimate of drug-likeness (QED) is 0.830. The maximum Gasteiger partial charge on any atom is 0.407 e. The maximum absolute atomic E-state index is 10.9. The number of carboxylic acid groups (broad SMARTS) is 1. The van der Waals surface area contributed by atoms with E-state index in [1.54, 1.807) is 0 Å². The number of amides is 1. The molecule has 1 amide bonds. The summed E-state index contributed by atoms with van der Waals surface area (Å²) in [6.07, 6.45) is 2.34. The zero-order valence-electron chi connectivity index (χ0n) is 9.30. The van der Waals surface area contributed by atoms with Crippen LogP contribution >= 0.6 is 0 Å². The Morgan fingerprint density at radius 2 is 2.12 bits per heavy atom. The van der Waals surface area contributed by atoms with Crippen LogP contribution in [0.25, 0.3) is 0 Å². The molecule has 3 nitrogen and oxygen atoms in total. The van der Waals surface area contributed by atoms with Crippen LogP contribution < -0.4 is 0 Å². The highest BCUT2D eigenvalue weighted by Gasteiger charge is 2.22. The Labute approximate surface area is 95.7 Å². The van der Waals surface area contributed by atoms with Gasteiger partial charge in [0.1, 0.15) is 0 Å². The predicted molar refractivity (Wildman–Crippen MR) is 62.5 cm³/mol. The van der Waals surface area contributed by atoms with Crippen LogP contribution in [0.1, 0.15) is 18.4 Å². The topological polar surface area (TPSA) is 40.5 Å².